The number of aromatic nitrogens is 1. The van der Waals surface area contributed by atoms with Crippen LogP contribution in [0.1, 0.15) is 11.1 Å². The first-order valence-electron chi connectivity index (χ1n) is 8.02. The molecule has 1 heterocycles. The van der Waals surface area contributed by atoms with E-state index in [1.807, 2.05) is 26.0 Å². The van der Waals surface area contributed by atoms with Crippen molar-refractivity contribution in [3.8, 4) is 17.4 Å². The molecule has 3 rings (SSSR count). The zero-order valence-corrected chi connectivity index (χ0v) is 14.7. The number of hydrogen-bond donors (Lipinski definition) is 2. The molecule has 7 nitrogen and oxygen atoms in total. The largest absolute Gasteiger partial charge is 0.493 e. The number of nitrogens with one attached hydrogen (secondary N) is 1. The van der Waals surface area contributed by atoms with Gasteiger partial charge in [0.2, 0.25) is 5.88 Å². The van der Waals surface area contributed by atoms with Gasteiger partial charge in [0.05, 0.1) is 12.6 Å². The molecular weight excluding hydrogens is 334 g/mol. The third-order valence-corrected chi connectivity index (χ3v) is 3.88. The van der Waals surface area contributed by atoms with Gasteiger partial charge in [0.25, 0.3) is 0 Å². The van der Waals surface area contributed by atoms with Gasteiger partial charge in [-0.05, 0) is 37.6 Å². The van der Waals surface area contributed by atoms with E-state index in [1.54, 1.807) is 24.3 Å². The fourth-order valence-electron chi connectivity index (χ4n) is 2.74. The predicted molar refractivity (Wildman–Crippen MR) is 97.4 cm³/mol. The molecule has 0 spiro atoms. The topological polar surface area (TPSA) is 96.3 Å². The minimum Gasteiger partial charge on any atom is -0.493 e. The highest BCUT2D eigenvalue weighted by Crippen LogP contribution is 2.37. The number of benzene rings is 2. The molecule has 0 radical (unpaired) electrons. The number of aromatic amines is 1. The van der Waals surface area contributed by atoms with Crippen molar-refractivity contribution >= 4 is 22.5 Å². The SMILES string of the molecule is COc1ccccc1OCC(=O)N=Nc1c(O)[nH]c2c(C)cc(C)cc12. The maximum absolute atomic E-state index is 12.0. The van der Waals surface area contributed by atoms with E-state index >= 15 is 0 Å². The summed E-state index contributed by atoms with van der Waals surface area (Å²) in [7, 11) is 1.52. The Bertz CT molecular complexity index is 992. The maximum atomic E-state index is 12.0. The number of hydrogen-bond acceptors (Lipinski definition) is 5. The molecule has 0 aliphatic rings. The van der Waals surface area contributed by atoms with Crippen LogP contribution in [0, 0.1) is 13.8 Å². The molecule has 3 aromatic rings. The molecule has 0 fully saturated rings. The first kappa shape index (κ1) is 17.5. The first-order chi connectivity index (χ1) is 12.5. The fourth-order valence-corrected chi connectivity index (χ4v) is 2.74. The Morgan fingerprint density at radius 1 is 1.19 bits per heavy atom. The van der Waals surface area contributed by atoms with E-state index < -0.39 is 5.91 Å². The summed E-state index contributed by atoms with van der Waals surface area (Å²) < 4.78 is 10.6. The molecule has 2 N–H and O–H groups in total. The average molecular weight is 353 g/mol. The number of aromatic hydroxyl groups is 1. The van der Waals surface area contributed by atoms with E-state index in [0.717, 1.165) is 16.6 Å². The molecular formula is C19H19N3O4. The van der Waals surface area contributed by atoms with Crippen molar-refractivity contribution in [3.63, 3.8) is 0 Å². The van der Waals surface area contributed by atoms with E-state index in [1.165, 1.54) is 7.11 Å². The molecule has 1 amide bonds. The standard InChI is InChI=1S/C19H19N3O4/c1-11-8-12(2)17-13(9-11)18(19(24)20-17)22-21-16(23)10-26-15-7-5-4-6-14(15)25-3/h4-9,20,24H,10H2,1-3H3. The van der Waals surface area contributed by atoms with E-state index in [2.05, 4.69) is 15.2 Å². The summed E-state index contributed by atoms with van der Waals surface area (Å²) in [6, 6.07) is 10.9. The Kier molecular flexibility index (Phi) is 4.88. The Balaban J connectivity index is 1.76. The lowest BCUT2D eigenvalue weighted by Crippen LogP contribution is -2.08. The van der Waals surface area contributed by atoms with Crippen LogP contribution in [0.2, 0.25) is 0 Å². The number of carbonyl (C=O) groups excluding carboxylic acids is 1. The third kappa shape index (κ3) is 3.51. The highest BCUT2D eigenvalue weighted by Gasteiger charge is 2.13. The molecule has 0 aliphatic heterocycles. The van der Waals surface area contributed by atoms with Gasteiger partial charge in [-0.1, -0.05) is 23.8 Å². The smallest absolute Gasteiger partial charge is 0.302 e. The number of methoxy groups -OCH3 is 1. The van der Waals surface area contributed by atoms with Crippen LogP contribution in [-0.4, -0.2) is 29.7 Å². The zero-order chi connectivity index (χ0) is 18.7. The Labute approximate surface area is 150 Å². The van der Waals surface area contributed by atoms with Gasteiger partial charge in [-0.25, -0.2) is 0 Å². The number of nitrogens with zero attached hydrogens (tertiary/aromatic N) is 2. The number of para-hydroxylation sites is 2. The quantitative estimate of drug-likeness (QED) is 0.672. The van der Waals surface area contributed by atoms with Crippen LogP contribution >= 0.6 is 0 Å². The normalized spacial score (nSPS) is 11.2. The maximum Gasteiger partial charge on any atom is 0.302 e. The van der Waals surface area contributed by atoms with Gasteiger partial charge in [0.15, 0.2) is 23.8 Å². The molecule has 134 valence electrons. The van der Waals surface area contributed by atoms with Gasteiger partial charge >= 0.3 is 5.91 Å². The number of azo groups is 1. The number of fused-ring (bicyclic) bond motifs is 1. The van der Waals surface area contributed by atoms with Crippen LogP contribution in [0.25, 0.3) is 10.9 Å². The van der Waals surface area contributed by atoms with E-state index in [-0.39, 0.29) is 18.2 Å². The molecule has 0 aliphatic carbocycles. The highest BCUT2D eigenvalue weighted by atomic mass is 16.5. The van der Waals surface area contributed by atoms with Crippen LogP contribution in [0.4, 0.5) is 5.69 Å². The molecule has 0 saturated heterocycles. The van der Waals surface area contributed by atoms with E-state index in [4.69, 9.17) is 9.47 Å². The van der Waals surface area contributed by atoms with Crippen LogP contribution in [0.5, 0.6) is 17.4 Å². The molecule has 7 heteroatoms. The van der Waals surface area contributed by atoms with Gasteiger partial charge in [-0.2, -0.15) is 0 Å². The summed E-state index contributed by atoms with van der Waals surface area (Å²) in [5, 5.41) is 18.3. The van der Waals surface area contributed by atoms with Crippen molar-refractivity contribution in [3.05, 3.63) is 47.5 Å². The fraction of sp³-hybridized carbons (Fsp3) is 0.211. The zero-order valence-electron chi connectivity index (χ0n) is 14.7. The van der Waals surface area contributed by atoms with Crippen molar-refractivity contribution in [2.45, 2.75) is 13.8 Å². The number of aryl methyl sites for hydroxylation is 2. The number of carbonyl (C=O) groups is 1. The molecule has 0 bridgehead atoms. The van der Waals surface area contributed by atoms with Crippen molar-refractivity contribution in [2.75, 3.05) is 13.7 Å². The molecule has 0 unspecified atom stereocenters. The second-order valence-electron chi connectivity index (χ2n) is 5.86. The summed E-state index contributed by atoms with van der Waals surface area (Å²) in [5.74, 6) is 0.266. The molecule has 26 heavy (non-hydrogen) atoms. The third-order valence-electron chi connectivity index (χ3n) is 3.88. The number of amides is 1. The van der Waals surface area contributed by atoms with Crippen LogP contribution in [-0.2, 0) is 4.79 Å². The monoisotopic (exact) mass is 353 g/mol. The minimum atomic E-state index is -0.575. The first-order valence-corrected chi connectivity index (χ1v) is 8.02. The van der Waals surface area contributed by atoms with Crippen LogP contribution < -0.4 is 9.47 Å². The number of ether oxygens (including phenoxy) is 2. The van der Waals surface area contributed by atoms with Gasteiger partial charge < -0.3 is 19.6 Å². The Hall–Kier alpha value is -3.35. The van der Waals surface area contributed by atoms with Crippen LogP contribution in [0.15, 0.2) is 46.6 Å². The predicted octanol–water partition coefficient (Wildman–Crippen LogP) is 4.19. The summed E-state index contributed by atoms with van der Waals surface area (Å²) in [6.07, 6.45) is 0. The Morgan fingerprint density at radius 3 is 2.65 bits per heavy atom. The van der Waals surface area contributed by atoms with Gasteiger partial charge in [-0.3, -0.25) is 4.79 Å². The lowest BCUT2D eigenvalue weighted by Gasteiger charge is -2.07. The van der Waals surface area contributed by atoms with E-state index in [0.29, 0.717) is 16.9 Å². The van der Waals surface area contributed by atoms with Crippen molar-refractivity contribution in [1.29, 1.82) is 0 Å². The number of rotatable bonds is 5. The molecule has 0 saturated carbocycles. The van der Waals surface area contributed by atoms with E-state index in [9.17, 15) is 9.90 Å². The second-order valence-corrected chi connectivity index (χ2v) is 5.86. The summed E-state index contributed by atoms with van der Waals surface area (Å²) in [4.78, 5) is 14.8. The molecule has 1 aromatic heterocycles. The van der Waals surface area contributed by atoms with Gasteiger partial charge in [-0.15, -0.1) is 10.2 Å². The second kappa shape index (κ2) is 7.26. The molecule has 0 atom stereocenters. The van der Waals surface area contributed by atoms with Crippen LogP contribution in [0.3, 0.4) is 0 Å². The van der Waals surface area contributed by atoms with Crippen molar-refractivity contribution < 1.29 is 19.4 Å². The average Bonchev–Trinajstić information content (AvgIpc) is 2.94. The summed E-state index contributed by atoms with van der Waals surface area (Å²) >= 11 is 0. The van der Waals surface area contributed by atoms with Gasteiger partial charge in [0, 0.05) is 5.39 Å². The molecule has 2 aromatic carbocycles. The summed E-state index contributed by atoms with van der Waals surface area (Å²) in [5.41, 5.74) is 3.00. The van der Waals surface area contributed by atoms with Crippen molar-refractivity contribution in [1.82, 2.24) is 4.98 Å². The Morgan fingerprint density at radius 2 is 1.92 bits per heavy atom. The lowest BCUT2D eigenvalue weighted by molar-refractivity contribution is -0.120. The van der Waals surface area contributed by atoms with Crippen molar-refractivity contribution in [2.24, 2.45) is 10.2 Å². The highest BCUT2D eigenvalue weighted by molar-refractivity contribution is 5.96. The number of H-pyrrole nitrogens is 1. The van der Waals surface area contributed by atoms with Gasteiger partial charge in [0.1, 0.15) is 0 Å². The minimum absolute atomic E-state index is 0.129. The summed E-state index contributed by atoms with van der Waals surface area (Å²) in [6.45, 7) is 3.59. The lowest BCUT2D eigenvalue weighted by atomic mass is 10.1.